The lowest BCUT2D eigenvalue weighted by atomic mass is 9.92. The van der Waals surface area contributed by atoms with Gasteiger partial charge in [-0.2, -0.15) is 0 Å². The molecule has 1 aliphatic heterocycles. The number of unbranched alkanes of at least 4 members (excludes halogenated alkanes) is 1. The number of nitrogens with one attached hydrogen (secondary N) is 2. The van der Waals surface area contributed by atoms with Crippen LogP contribution in [-0.2, 0) is 4.74 Å². The minimum atomic E-state index is -0.0974. The molecule has 0 aliphatic carbocycles. The zero-order valence-corrected chi connectivity index (χ0v) is 14.2. The van der Waals surface area contributed by atoms with Gasteiger partial charge < -0.3 is 20.3 Å². The molecule has 1 aliphatic rings. The molecule has 5 heteroatoms. The maximum atomic E-state index is 11.6. The highest BCUT2D eigenvalue weighted by Gasteiger charge is 2.20. The molecule has 0 aromatic heterocycles. The SMILES string of the molecule is COCC(C)NC(=O)NCCCCN1CC(C)CC(C)C1. The summed E-state index contributed by atoms with van der Waals surface area (Å²) in [7, 11) is 1.64. The molecule has 0 aromatic carbocycles. The predicted molar refractivity (Wildman–Crippen MR) is 86.5 cm³/mol. The molecule has 5 nitrogen and oxygen atoms in total. The van der Waals surface area contributed by atoms with Crippen LogP contribution in [0, 0.1) is 11.8 Å². The Morgan fingerprint density at radius 3 is 2.57 bits per heavy atom. The Balaban J connectivity index is 2.02. The molecule has 21 heavy (non-hydrogen) atoms. The molecule has 3 unspecified atom stereocenters. The Morgan fingerprint density at radius 1 is 1.29 bits per heavy atom. The molecule has 2 amide bonds. The topological polar surface area (TPSA) is 53.6 Å². The van der Waals surface area contributed by atoms with E-state index >= 15 is 0 Å². The predicted octanol–water partition coefficient (Wildman–Crippen LogP) is 2.08. The van der Waals surface area contributed by atoms with Crippen molar-refractivity contribution in [1.29, 1.82) is 0 Å². The van der Waals surface area contributed by atoms with Gasteiger partial charge in [-0.1, -0.05) is 13.8 Å². The third kappa shape index (κ3) is 8.27. The summed E-state index contributed by atoms with van der Waals surface area (Å²) < 4.78 is 4.98. The Hall–Kier alpha value is -0.810. The number of ether oxygens (including phenoxy) is 1. The van der Waals surface area contributed by atoms with Gasteiger partial charge in [0.1, 0.15) is 0 Å². The molecule has 0 spiro atoms. The molecule has 0 radical (unpaired) electrons. The van der Waals surface area contributed by atoms with Crippen LogP contribution in [0.3, 0.4) is 0 Å². The number of methoxy groups -OCH3 is 1. The second kappa shape index (κ2) is 10.0. The fourth-order valence-corrected chi connectivity index (χ4v) is 3.20. The lowest BCUT2D eigenvalue weighted by Gasteiger charge is -2.34. The van der Waals surface area contributed by atoms with Gasteiger partial charge in [0.2, 0.25) is 0 Å². The molecule has 0 saturated carbocycles. The summed E-state index contributed by atoms with van der Waals surface area (Å²) in [6.45, 7) is 11.5. The Bertz CT molecular complexity index is 289. The Kier molecular flexibility index (Phi) is 8.69. The van der Waals surface area contributed by atoms with Crippen LogP contribution in [0.15, 0.2) is 0 Å². The first-order chi connectivity index (χ1) is 10.0. The molecule has 1 heterocycles. The normalized spacial score (nSPS) is 24.6. The summed E-state index contributed by atoms with van der Waals surface area (Å²) in [5.74, 6) is 1.64. The second-order valence-electron chi connectivity index (χ2n) is 6.67. The van der Waals surface area contributed by atoms with Crippen LogP contribution in [0.2, 0.25) is 0 Å². The van der Waals surface area contributed by atoms with E-state index in [1.54, 1.807) is 7.11 Å². The number of nitrogens with zero attached hydrogens (tertiary/aromatic N) is 1. The van der Waals surface area contributed by atoms with Crippen molar-refractivity contribution in [3.8, 4) is 0 Å². The Morgan fingerprint density at radius 2 is 1.95 bits per heavy atom. The standard InChI is InChI=1S/C16H33N3O2/c1-13-9-14(2)11-19(10-13)8-6-5-7-17-16(20)18-15(3)12-21-4/h13-15H,5-12H2,1-4H3,(H2,17,18,20). The van der Waals surface area contributed by atoms with Crippen LogP contribution in [0.5, 0.6) is 0 Å². The van der Waals surface area contributed by atoms with Crippen molar-refractivity contribution in [1.82, 2.24) is 15.5 Å². The van der Waals surface area contributed by atoms with E-state index < -0.39 is 0 Å². The highest BCUT2D eigenvalue weighted by atomic mass is 16.5. The number of hydrogen-bond donors (Lipinski definition) is 2. The number of amides is 2. The highest BCUT2D eigenvalue weighted by Crippen LogP contribution is 2.20. The van der Waals surface area contributed by atoms with Crippen molar-refractivity contribution in [2.75, 3.05) is 39.9 Å². The quantitative estimate of drug-likeness (QED) is 0.675. The first kappa shape index (κ1) is 18.2. The molecule has 1 rings (SSSR count). The first-order valence-electron chi connectivity index (χ1n) is 8.27. The number of likely N-dealkylation sites (tertiary alicyclic amines) is 1. The monoisotopic (exact) mass is 299 g/mol. The van der Waals surface area contributed by atoms with Crippen LogP contribution in [-0.4, -0.2) is 56.9 Å². The summed E-state index contributed by atoms with van der Waals surface area (Å²) in [4.78, 5) is 14.2. The van der Waals surface area contributed by atoms with Crippen molar-refractivity contribution >= 4 is 6.03 Å². The number of rotatable bonds is 8. The van der Waals surface area contributed by atoms with Gasteiger partial charge >= 0.3 is 6.03 Å². The fraction of sp³-hybridized carbons (Fsp3) is 0.938. The molecule has 1 saturated heterocycles. The summed E-state index contributed by atoms with van der Waals surface area (Å²) in [6, 6.07) is -0.0499. The molecule has 2 N–H and O–H groups in total. The van der Waals surface area contributed by atoms with Crippen molar-refractivity contribution in [3.05, 3.63) is 0 Å². The molecule has 3 atom stereocenters. The average Bonchev–Trinajstić information content (AvgIpc) is 2.37. The van der Waals surface area contributed by atoms with Gasteiger partial charge in [-0.05, 0) is 44.6 Å². The van der Waals surface area contributed by atoms with Gasteiger partial charge in [0, 0.05) is 26.7 Å². The number of piperidine rings is 1. The Labute approximate surface area is 129 Å². The van der Waals surface area contributed by atoms with Crippen molar-refractivity contribution in [2.24, 2.45) is 11.8 Å². The molecule has 1 fully saturated rings. The third-order valence-electron chi connectivity index (χ3n) is 3.93. The van der Waals surface area contributed by atoms with Gasteiger partial charge in [0.05, 0.1) is 12.6 Å². The average molecular weight is 299 g/mol. The molecular formula is C16H33N3O2. The summed E-state index contributed by atoms with van der Waals surface area (Å²) in [5.41, 5.74) is 0. The molecule has 124 valence electrons. The van der Waals surface area contributed by atoms with Gasteiger partial charge in [-0.3, -0.25) is 0 Å². The number of hydrogen-bond acceptors (Lipinski definition) is 3. The minimum Gasteiger partial charge on any atom is -0.383 e. The number of carbonyl (C=O) groups is 1. The van der Waals surface area contributed by atoms with Gasteiger partial charge in [-0.25, -0.2) is 4.79 Å². The van der Waals surface area contributed by atoms with Crippen LogP contribution in [0.25, 0.3) is 0 Å². The maximum Gasteiger partial charge on any atom is 0.315 e. The second-order valence-corrected chi connectivity index (χ2v) is 6.67. The van der Waals surface area contributed by atoms with Crippen LogP contribution in [0.1, 0.15) is 40.0 Å². The molecule has 0 bridgehead atoms. The smallest absolute Gasteiger partial charge is 0.315 e. The van der Waals surface area contributed by atoms with Crippen LogP contribution in [0.4, 0.5) is 4.79 Å². The van der Waals surface area contributed by atoms with Gasteiger partial charge in [0.25, 0.3) is 0 Å². The summed E-state index contributed by atoms with van der Waals surface area (Å²) in [5, 5.41) is 5.75. The maximum absolute atomic E-state index is 11.6. The van der Waals surface area contributed by atoms with Crippen molar-refractivity contribution < 1.29 is 9.53 Å². The summed E-state index contributed by atoms with van der Waals surface area (Å²) in [6.07, 6.45) is 3.54. The van der Waals surface area contributed by atoms with E-state index in [1.807, 2.05) is 6.92 Å². The van der Waals surface area contributed by atoms with Crippen molar-refractivity contribution in [3.63, 3.8) is 0 Å². The van der Waals surface area contributed by atoms with E-state index in [-0.39, 0.29) is 12.1 Å². The number of urea groups is 1. The van der Waals surface area contributed by atoms with Gasteiger partial charge in [0.15, 0.2) is 0 Å². The van der Waals surface area contributed by atoms with E-state index in [1.165, 1.54) is 19.5 Å². The fourth-order valence-electron chi connectivity index (χ4n) is 3.20. The van der Waals surface area contributed by atoms with Crippen LogP contribution < -0.4 is 10.6 Å². The summed E-state index contributed by atoms with van der Waals surface area (Å²) >= 11 is 0. The lowest BCUT2D eigenvalue weighted by Crippen LogP contribution is -2.43. The third-order valence-corrected chi connectivity index (χ3v) is 3.93. The minimum absolute atomic E-state index is 0.0475. The van der Waals surface area contributed by atoms with Crippen LogP contribution >= 0.6 is 0 Å². The van der Waals surface area contributed by atoms with E-state index in [0.29, 0.717) is 6.61 Å². The van der Waals surface area contributed by atoms with E-state index in [9.17, 15) is 4.79 Å². The zero-order chi connectivity index (χ0) is 15.7. The number of carbonyl (C=O) groups excluding carboxylic acids is 1. The zero-order valence-electron chi connectivity index (χ0n) is 14.2. The van der Waals surface area contributed by atoms with Gasteiger partial charge in [-0.15, -0.1) is 0 Å². The van der Waals surface area contributed by atoms with E-state index in [2.05, 4.69) is 29.4 Å². The largest absolute Gasteiger partial charge is 0.383 e. The lowest BCUT2D eigenvalue weighted by molar-refractivity contribution is 0.139. The molecule has 0 aromatic rings. The highest BCUT2D eigenvalue weighted by molar-refractivity contribution is 5.74. The first-order valence-corrected chi connectivity index (χ1v) is 8.27. The van der Waals surface area contributed by atoms with E-state index in [0.717, 1.165) is 37.8 Å². The molecular weight excluding hydrogens is 266 g/mol. The van der Waals surface area contributed by atoms with E-state index in [4.69, 9.17) is 4.74 Å². The van der Waals surface area contributed by atoms with Crippen molar-refractivity contribution in [2.45, 2.75) is 46.1 Å².